The van der Waals surface area contributed by atoms with Crippen molar-refractivity contribution in [3.05, 3.63) is 60.3 Å². The van der Waals surface area contributed by atoms with Crippen molar-refractivity contribution in [3.8, 4) is 22.6 Å². The van der Waals surface area contributed by atoms with Crippen molar-refractivity contribution in [1.29, 1.82) is 0 Å². The lowest BCUT2D eigenvalue weighted by molar-refractivity contribution is -0.141. The van der Waals surface area contributed by atoms with Crippen molar-refractivity contribution < 1.29 is 19.0 Å². The number of nitrogens with zero attached hydrogens (tertiary/aromatic N) is 4. The van der Waals surface area contributed by atoms with Crippen LogP contribution in [-0.4, -0.2) is 59.2 Å². The summed E-state index contributed by atoms with van der Waals surface area (Å²) in [5, 5.41) is 0. The fraction of sp³-hybridized carbons (Fsp3) is 0.304. The minimum Gasteiger partial charge on any atom is -0.493 e. The van der Waals surface area contributed by atoms with Gasteiger partial charge in [-0.1, -0.05) is 6.07 Å². The molecule has 4 rings (SSSR count). The molecule has 9 heteroatoms. The predicted octanol–water partition coefficient (Wildman–Crippen LogP) is 2.42. The van der Waals surface area contributed by atoms with E-state index in [9.17, 15) is 4.79 Å². The SMILES string of the molecule is COc1cc(C)ccc1OCC(=O)N1CCO[C@@H](c2ncncc2-c2ccnc(N)c2)C1. The largest absolute Gasteiger partial charge is 0.493 e. The lowest BCUT2D eigenvalue weighted by Crippen LogP contribution is -2.44. The normalized spacial score (nSPS) is 15.9. The smallest absolute Gasteiger partial charge is 0.260 e. The maximum Gasteiger partial charge on any atom is 0.260 e. The van der Waals surface area contributed by atoms with Gasteiger partial charge in [0.05, 0.1) is 26.0 Å². The highest BCUT2D eigenvalue weighted by Crippen LogP contribution is 2.31. The van der Waals surface area contributed by atoms with Gasteiger partial charge in [-0.3, -0.25) is 4.79 Å². The topological polar surface area (TPSA) is 113 Å². The molecule has 1 aliphatic heterocycles. The summed E-state index contributed by atoms with van der Waals surface area (Å²) in [6.45, 7) is 3.10. The van der Waals surface area contributed by atoms with Crippen LogP contribution >= 0.6 is 0 Å². The summed E-state index contributed by atoms with van der Waals surface area (Å²) in [5.41, 5.74) is 9.22. The van der Waals surface area contributed by atoms with Crippen LogP contribution in [-0.2, 0) is 9.53 Å². The number of aryl methyl sites for hydroxylation is 1. The summed E-state index contributed by atoms with van der Waals surface area (Å²) in [6, 6.07) is 9.18. The van der Waals surface area contributed by atoms with E-state index in [2.05, 4.69) is 15.0 Å². The number of aromatic nitrogens is 3. The molecular formula is C23H25N5O4. The lowest BCUT2D eigenvalue weighted by atomic mass is 10.0. The number of hydrogen-bond acceptors (Lipinski definition) is 8. The van der Waals surface area contributed by atoms with Gasteiger partial charge in [-0.25, -0.2) is 15.0 Å². The van der Waals surface area contributed by atoms with Crippen LogP contribution in [0.15, 0.2) is 49.1 Å². The minimum absolute atomic E-state index is 0.0936. The van der Waals surface area contributed by atoms with Gasteiger partial charge >= 0.3 is 0 Å². The number of methoxy groups -OCH3 is 1. The Labute approximate surface area is 186 Å². The Kier molecular flexibility index (Phi) is 6.46. The third-order valence-corrected chi connectivity index (χ3v) is 5.23. The summed E-state index contributed by atoms with van der Waals surface area (Å²) in [5.74, 6) is 1.40. The first-order valence-electron chi connectivity index (χ1n) is 10.2. The summed E-state index contributed by atoms with van der Waals surface area (Å²) < 4.78 is 17.0. The van der Waals surface area contributed by atoms with E-state index in [4.69, 9.17) is 19.9 Å². The van der Waals surface area contributed by atoms with E-state index in [0.29, 0.717) is 42.7 Å². The summed E-state index contributed by atoms with van der Waals surface area (Å²) in [7, 11) is 1.58. The number of pyridine rings is 1. The number of benzene rings is 1. The fourth-order valence-electron chi connectivity index (χ4n) is 3.60. The number of amides is 1. The van der Waals surface area contributed by atoms with E-state index >= 15 is 0 Å². The zero-order chi connectivity index (χ0) is 22.5. The number of hydrogen-bond donors (Lipinski definition) is 1. The molecule has 32 heavy (non-hydrogen) atoms. The van der Waals surface area contributed by atoms with Crippen LogP contribution in [0.5, 0.6) is 11.5 Å². The van der Waals surface area contributed by atoms with Crippen LogP contribution in [0.2, 0.25) is 0 Å². The molecule has 0 bridgehead atoms. The van der Waals surface area contributed by atoms with Crippen molar-refractivity contribution in [2.75, 3.05) is 39.1 Å². The molecule has 1 aromatic carbocycles. The molecule has 3 aromatic rings. The van der Waals surface area contributed by atoms with Gasteiger partial charge < -0.3 is 24.8 Å². The molecule has 0 aliphatic carbocycles. The van der Waals surface area contributed by atoms with E-state index in [0.717, 1.165) is 16.7 Å². The van der Waals surface area contributed by atoms with Crippen LogP contribution in [0.25, 0.3) is 11.1 Å². The van der Waals surface area contributed by atoms with Crippen LogP contribution in [0, 0.1) is 6.92 Å². The Morgan fingerprint density at radius 3 is 2.94 bits per heavy atom. The van der Waals surface area contributed by atoms with Crippen molar-refractivity contribution in [1.82, 2.24) is 19.9 Å². The molecule has 9 nitrogen and oxygen atoms in total. The Morgan fingerprint density at radius 1 is 1.25 bits per heavy atom. The summed E-state index contributed by atoms with van der Waals surface area (Å²) in [4.78, 5) is 27.2. The summed E-state index contributed by atoms with van der Waals surface area (Å²) >= 11 is 0. The number of nitrogen functional groups attached to an aromatic ring is 1. The number of rotatable bonds is 6. The highest BCUT2D eigenvalue weighted by Gasteiger charge is 2.28. The van der Waals surface area contributed by atoms with Crippen molar-refractivity contribution >= 4 is 11.7 Å². The fourth-order valence-corrected chi connectivity index (χ4v) is 3.60. The standard InChI is InChI=1S/C23H25N5O4/c1-15-3-4-18(19(9-15)30-2)32-13-22(29)28-7-8-31-20(12-28)23-17(11-25-14-27-23)16-5-6-26-21(24)10-16/h3-6,9-11,14,20H,7-8,12-13H2,1-2H3,(H2,24,26)/t20-/m1/s1. The van der Waals surface area contributed by atoms with Gasteiger partial charge in [0.15, 0.2) is 18.1 Å². The molecule has 1 aliphatic rings. The number of ether oxygens (including phenoxy) is 3. The molecule has 2 N–H and O–H groups in total. The van der Waals surface area contributed by atoms with Gasteiger partial charge in [-0.2, -0.15) is 0 Å². The second-order valence-corrected chi connectivity index (χ2v) is 7.43. The number of carbonyl (C=O) groups is 1. The van der Waals surface area contributed by atoms with Crippen molar-refractivity contribution in [3.63, 3.8) is 0 Å². The monoisotopic (exact) mass is 435 g/mol. The van der Waals surface area contributed by atoms with Crippen LogP contribution in [0.1, 0.15) is 17.4 Å². The third kappa shape index (κ3) is 4.78. The summed E-state index contributed by atoms with van der Waals surface area (Å²) in [6.07, 6.45) is 4.43. The van der Waals surface area contributed by atoms with E-state index in [1.54, 1.807) is 36.5 Å². The second-order valence-electron chi connectivity index (χ2n) is 7.43. The molecule has 166 valence electrons. The van der Waals surface area contributed by atoms with Crippen molar-refractivity contribution in [2.45, 2.75) is 13.0 Å². The zero-order valence-electron chi connectivity index (χ0n) is 18.0. The Balaban J connectivity index is 1.47. The second kappa shape index (κ2) is 9.61. The first kappa shape index (κ1) is 21.5. The van der Waals surface area contributed by atoms with Crippen molar-refractivity contribution in [2.24, 2.45) is 0 Å². The molecule has 1 amide bonds. The van der Waals surface area contributed by atoms with Crippen LogP contribution < -0.4 is 15.2 Å². The maximum absolute atomic E-state index is 12.9. The molecule has 0 radical (unpaired) electrons. The molecule has 1 atom stereocenters. The van der Waals surface area contributed by atoms with Gasteiger partial charge in [0.25, 0.3) is 5.91 Å². The number of nitrogens with two attached hydrogens (primary N) is 1. The highest BCUT2D eigenvalue weighted by atomic mass is 16.5. The molecule has 0 unspecified atom stereocenters. The molecule has 1 saturated heterocycles. The van der Waals surface area contributed by atoms with Gasteiger partial charge in [0.1, 0.15) is 18.2 Å². The van der Waals surface area contributed by atoms with Crippen LogP contribution in [0.3, 0.4) is 0 Å². The highest BCUT2D eigenvalue weighted by molar-refractivity contribution is 5.78. The molecule has 3 heterocycles. The van der Waals surface area contributed by atoms with E-state index in [1.165, 1.54) is 6.33 Å². The number of carbonyl (C=O) groups excluding carboxylic acids is 1. The zero-order valence-corrected chi connectivity index (χ0v) is 18.0. The quantitative estimate of drug-likeness (QED) is 0.628. The third-order valence-electron chi connectivity index (χ3n) is 5.23. The average molecular weight is 435 g/mol. The molecule has 0 spiro atoms. The van der Waals surface area contributed by atoms with E-state index < -0.39 is 6.10 Å². The van der Waals surface area contributed by atoms with E-state index in [-0.39, 0.29) is 12.5 Å². The lowest BCUT2D eigenvalue weighted by Gasteiger charge is -2.33. The molecule has 2 aromatic heterocycles. The van der Waals surface area contributed by atoms with Gasteiger partial charge in [-0.05, 0) is 42.3 Å². The van der Waals surface area contributed by atoms with Gasteiger partial charge in [0.2, 0.25) is 0 Å². The Hall–Kier alpha value is -3.72. The van der Waals surface area contributed by atoms with Gasteiger partial charge in [0, 0.05) is 24.5 Å². The average Bonchev–Trinajstić information content (AvgIpc) is 2.83. The number of morpholine rings is 1. The number of anilines is 1. The maximum atomic E-state index is 12.9. The minimum atomic E-state index is -0.394. The first-order valence-corrected chi connectivity index (χ1v) is 10.2. The molecular weight excluding hydrogens is 410 g/mol. The van der Waals surface area contributed by atoms with Crippen LogP contribution in [0.4, 0.5) is 5.82 Å². The molecule has 0 saturated carbocycles. The first-order chi connectivity index (χ1) is 15.5. The molecule has 1 fully saturated rings. The Bertz CT molecular complexity index is 1110. The van der Waals surface area contributed by atoms with E-state index in [1.807, 2.05) is 25.1 Å². The Morgan fingerprint density at radius 2 is 2.12 bits per heavy atom. The van der Waals surface area contributed by atoms with Gasteiger partial charge in [-0.15, -0.1) is 0 Å². The predicted molar refractivity (Wildman–Crippen MR) is 118 cm³/mol.